The Bertz CT molecular complexity index is 642. The summed E-state index contributed by atoms with van der Waals surface area (Å²) in [5, 5.41) is 11.6. The highest BCUT2D eigenvalue weighted by molar-refractivity contribution is 6.01. The van der Waals surface area contributed by atoms with Crippen molar-refractivity contribution in [3.8, 4) is 0 Å². The van der Waals surface area contributed by atoms with Crippen molar-refractivity contribution in [1.82, 2.24) is 9.66 Å². The molecule has 0 unspecified atom stereocenters. The normalized spacial score (nSPS) is 15.8. The highest BCUT2D eigenvalue weighted by Gasteiger charge is 2.20. The first-order chi connectivity index (χ1) is 9.72. The van der Waals surface area contributed by atoms with E-state index in [1.54, 1.807) is 12.1 Å². The van der Waals surface area contributed by atoms with Crippen molar-refractivity contribution < 1.29 is 9.90 Å². The number of aryl methyl sites for hydroxylation is 1. The number of aromatic carboxylic acids is 1. The van der Waals surface area contributed by atoms with Crippen LogP contribution >= 0.6 is 0 Å². The molecule has 106 valence electrons. The number of piperidine rings is 1. The molecular formula is C15H19N3O2. The van der Waals surface area contributed by atoms with Crippen LogP contribution in [0, 0.1) is 0 Å². The standard InChI is InChI=1S/C15H19N3O2/c1-2-13-16-14-11(15(19)20)7-6-8-12(14)18(13)17-9-4-3-5-10-17/h6-8H,2-5,9-10H2,1H3,(H,19,20). The second kappa shape index (κ2) is 5.15. The van der Waals surface area contributed by atoms with E-state index in [0.29, 0.717) is 5.52 Å². The minimum atomic E-state index is -0.915. The maximum absolute atomic E-state index is 11.3. The van der Waals surface area contributed by atoms with E-state index in [9.17, 15) is 9.90 Å². The molecule has 0 bridgehead atoms. The monoisotopic (exact) mass is 273 g/mol. The number of imidazole rings is 1. The molecule has 2 heterocycles. The minimum Gasteiger partial charge on any atom is -0.478 e. The number of fused-ring (bicyclic) bond motifs is 1. The molecule has 20 heavy (non-hydrogen) atoms. The predicted molar refractivity (Wildman–Crippen MR) is 77.9 cm³/mol. The summed E-state index contributed by atoms with van der Waals surface area (Å²) in [7, 11) is 0. The van der Waals surface area contributed by atoms with Crippen molar-refractivity contribution in [2.45, 2.75) is 32.6 Å². The Labute approximate surface area is 117 Å². The zero-order valence-electron chi connectivity index (χ0n) is 11.7. The number of benzene rings is 1. The van der Waals surface area contributed by atoms with Gasteiger partial charge in [-0.2, -0.15) is 0 Å². The number of hydrogen-bond acceptors (Lipinski definition) is 3. The van der Waals surface area contributed by atoms with E-state index in [2.05, 4.69) is 21.6 Å². The summed E-state index contributed by atoms with van der Waals surface area (Å²) >= 11 is 0. The van der Waals surface area contributed by atoms with Crippen LogP contribution in [0.25, 0.3) is 11.0 Å². The van der Waals surface area contributed by atoms with Crippen LogP contribution in [-0.2, 0) is 6.42 Å². The van der Waals surface area contributed by atoms with Crippen LogP contribution in [0.1, 0.15) is 42.4 Å². The van der Waals surface area contributed by atoms with Crippen molar-refractivity contribution in [3.05, 3.63) is 29.6 Å². The summed E-state index contributed by atoms with van der Waals surface area (Å²) in [4.78, 5) is 15.9. The van der Waals surface area contributed by atoms with Gasteiger partial charge in [0.05, 0.1) is 11.1 Å². The van der Waals surface area contributed by atoms with Crippen molar-refractivity contribution in [1.29, 1.82) is 0 Å². The van der Waals surface area contributed by atoms with Crippen molar-refractivity contribution in [2.24, 2.45) is 0 Å². The summed E-state index contributed by atoms with van der Waals surface area (Å²) in [6.07, 6.45) is 4.43. The average molecular weight is 273 g/mol. The van der Waals surface area contributed by atoms with Crippen LogP contribution in [0.5, 0.6) is 0 Å². The SMILES string of the molecule is CCc1nc2c(C(=O)O)cccc2n1N1CCCCC1. The van der Waals surface area contributed by atoms with Gasteiger partial charge in [0, 0.05) is 19.5 Å². The van der Waals surface area contributed by atoms with Gasteiger partial charge in [-0.25, -0.2) is 14.5 Å². The van der Waals surface area contributed by atoms with Crippen LogP contribution in [-0.4, -0.2) is 33.8 Å². The fourth-order valence-corrected chi connectivity index (χ4v) is 2.93. The number of carboxylic acid groups (broad SMARTS) is 1. The molecule has 1 saturated heterocycles. The maximum atomic E-state index is 11.3. The van der Waals surface area contributed by atoms with Crippen LogP contribution in [0.15, 0.2) is 18.2 Å². The molecule has 0 aliphatic carbocycles. The molecule has 1 N–H and O–H groups in total. The number of rotatable bonds is 3. The largest absolute Gasteiger partial charge is 0.478 e. The van der Waals surface area contributed by atoms with Gasteiger partial charge in [0.2, 0.25) is 0 Å². The van der Waals surface area contributed by atoms with Gasteiger partial charge in [0.1, 0.15) is 11.3 Å². The van der Waals surface area contributed by atoms with Gasteiger partial charge in [0.15, 0.2) is 0 Å². The van der Waals surface area contributed by atoms with Gasteiger partial charge in [-0.05, 0) is 31.4 Å². The Morgan fingerprint density at radius 3 is 2.70 bits per heavy atom. The van der Waals surface area contributed by atoms with Gasteiger partial charge in [0.25, 0.3) is 0 Å². The summed E-state index contributed by atoms with van der Waals surface area (Å²) in [6.45, 7) is 4.08. The van der Waals surface area contributed by atoms with E-state index in [0.717, 1.165) is 30.9 Å². The summed E-state index contributed by atoms with van der Waals surface area (Å²) in [5.74, 6) is 0.0251. The van der Waals surface area contributed by atoms with E-state index in [4.69, 9.17) is 0 Å². The molecule has 0 amide bonds. The molecule has 0 spiro atoms. The number of nitrogens with zero attached hydrogens (tertiary/aromatic N) is 3. The zero-order chi connectivity index (χ0) is 14.1. The minimum absolute atomic E-state index is 0.285. The third-order valence-electron chi connectivity index (χ3n) is 3.89. The molecule has 0 radical (unpaired) electrons. The number of aromatic nitrogens is 2. The van der Waals surface area contributed by atoms with Gasteiger partial charge >= 0.3 is 5.97 Å². The van der Waals surface area contributed by atoms with Gasteiger partial charge in [-0.15, -0.1) is 0 Å². The van der Waals surface area contributed by atoms with Gasteiger partial charge in [-0.3, -0.25) is 0 Å². The number of carbonyl (C=O) groups is 1. The first kappa shape index (κ1) is 13.0. The first-order valence-electron chi connectivity index (χ1n) is 7.21. The second-order valence-corrected chi connectivity index (χ2v) is 5.19. The average Bonchev–Trinajstić information content (AvgIpc) is 2.86. The Morgan fingerprint density at radius 1 is 1.30 bits per heavy atom. The smallest absolute Gasteiger partial charge is 0.337 e. The molecular weight excluding hydrogens is 254 g/mol. The highest BCUT2D eigenvalue weighted by atomic mass is 16.4. The highest BCUT2D eigenvalue weighted by Crippen LogP contribution is 2.22. The lowest BCUT2D eigenvalue weighted by molar-refractivity contribution is 0.0699. The quantitative estimate of drug-likeness (QED) is 0.933. The Kier molecular flexibility index (Phi) is 3.34. The third kappa shape index (κ3) is 2.03. The van der Waals surface area contributed by atoms with Crippen molar-refractivity contribution in [2.75, 3.05) is 18.1 Å². The van der Waals surface area contributed by atoms with Gasteiger partial charge in [-0.1, -0.05) is 13.0 Å². The molecule has 1 aliphatic heterocycles. The first-order valence-corrected chi connectivity index (χ1v) is 7.21. The lowest BCUT2D eigenvalue weighted by Crippen LogP contribution is -2.40. The molecule has 1 fully saturated rings. The van der Waals surface area contributed by atoms with Gasteiger partial charge < -0.3 is 10.1 Å². The maximum Gasteiger partial charge on any atom is 0.337 e. The Hall–Kier alpha value is -2.04. The summed E-state index contributed by atoms with van der Waals surface area (Å²) in [5.41, 5.74) is 1.79. The zero-order valence-corrected chi connectivity index (χ0v) is 11.7. The van der Waals surface area contributed by atoms with E-state index in [1.165, 1.54) is 19.3 Å². The molecule has 2 aromatic rings. The molecule has 0 atom stereocenters. The number of para-hydroxylation sites is 1. The predicted octanol–water partition coefficient (Wildman–Crippen LogP) is 2.42. The molecule has 5 heteroatoms. The van der Waals surface area contributed by atoms with Crippen LogP contribution in [0.4, 0.5) is 0 Å². The lowest BCUT2D eigenvalue weighted by Gasteiger charge is -2.31. The van der Waals surface area contributed by atoms with Crippen LogP contribution < -0.4 is 5.01 Å². The van der Waals surface area contributed by atoms with Crippen LogP contribution in [0.3, 0.4) is 0 Å². The Morgan fingerprint density at radius 2 is 2.05 bits per heavy atom. The molecule has 1 aromatic carbocycles. The third-order valence-corrected chi connectivity index (χ3v) is 3.89. The topological polar surface area (TPSA) is 58.4 Å². The number of hydrogen-bond donors (Lipinski definition) is 1. The van der Waals surface area contributed by atoms with E-state index >= 15 is 0 Å². The van der Waals surface area contributed by atoms with Crippen molar-refractivity contribution in [3.63, 3.8) is 0 Å². The van der Waals surface area contributed by atoms with Crippen molar-refractivity contribution >= 4 is 17.0 Å². The lowest BCUT2D eigenvalue weighted by atomic mass is 10.1. The second-order valence-electron chi connectivity index (χ2n) is 5.19. The van der Waals surface area contributed by atoms with Crippen LogP contribution in [0.2, 0.25) is 0 Å². The fraction of sp³-hybridized carbons (Fsp3) is 0.467. The molecule has 3 rings (SSSR count). The van der Waals surface area contributed by atoms with E-state index in [-0.39, 0.29) is 5.56 Å². The van der Waals surface area contributed by atoms with E-state index < -0.39 is 5.97 Å². The fourth-order valence-electron chi connectivity index (χ4n) is 2.93. The molecule has 1 aromatic heterocycles. The van der Waals surface area contributed by atoms with E-state index in [1.807, 2.05) is 6.07 Å². The molecule has 1 aliphatic rings. The molecule has 0 saturated carbocycles. The Balaban J connectivity index is 2.19. The summed E-state index contributed by atoms with van der Waals surface area (Å²) < 4.78 is 2.13. The number of carboxylic acids is 1. The molecule has 5 nitrogen and oxygen atoms in total. The summed E-state index contributed by atoms with van der Waals surface area (Å²) in [6, 6.07) is 5.38.